The van der Waals surface area contributed by atoms with Gasteiger partial charge in [-0.1, -0.05) is 12.1 Å². The van der Waals surface area contributed by atoms with Crippen molar-refractivity contribution < 1.29 is 8.78 Å². The Bertz CT molecular complexity index is 431. The summed E-state index contributed by atoms with van der Waals surface area (Å²) in [7, 11) is 3.91. The van der Waals surface area contributed by atoms with E-state index in [2.05, 4.69) is 22.2 Å². The van der Waals surface area contributed by atoms with Gasteiger partial charge >= 0.3 is 0 Å². The van der Waals surface area contributed by atoms with Crippen LogP contribution >= 0.6 is 0 Å². The Morgan fingerprint density at radius 2 is 1.90 bits per heavy atom. The molecule has 3 nitrogen and oxygen atoms in total. The molecule has 2 rings (SSSR count). The van der Waals surface area contributed by atoms with Crippen molar-refractivity contribution in [3.63, 3.8) is 0 Å². The van der Waals surface area contributed by atoms with Crippen LogP contribution in [0, 0.1) is 11.6 Å². The lowest BCUT2D eigenvalue weighted by atomic mass is 10.0. The van der Waals surface area contributed by atoms with Crippen molar-refractivity contribution in [2.24, 2.45) is 0 Å². The minimum Gasteiger partial charge on any atom is -0.313 e. The van der Waals surface area contributed by atoms with Crippen LogP contribution in [-0.2, 0) is 0 Å². The molecule has 5 heteroatoms. The van der Waals surface area contributed by atoms with Crippen LogP contribution < -0.4 is 5.32 Å². The molecule has 0 amide bonds. The molecular formula is C15H23F2N3. The average molecular weight is 283 g/mol. The molecule has 1 aliphatic heterocycles. The smallest absolute Gasteiger partial charge is 0.163 e. The molecular weight excluding hydrogens is 260 g/mol. The molecule has 0 radical (unpaired) electrons. The second-order valence-corrected chi connectivity index (χ2v) is 5.42. The molecule has 20 heavy (non-hydrogen) atoms. The SMILES string of the molecule is CNC(CCN1CCN(C)CC1)c1cccc(F)c1F. The van der Waals surface area contributed by atoms with E-state index in [1.165, 1.54) is 0 Å². The van der Waals surface area contributed by atoms with Crippen LogP contribution in [0.1, 0.15) is 18.0 Å². The number of likely N-dealkylation sites (N-methyl/N-ethyl adjacent to an activating group) is 1. The van der Waals surface area contributed by atoms with E-state index in [-0.39, 0.29) is 6.04 Å². The van der Waals surface area contributed by atoms with Gasteiger partial charge in [-0.3, -0.25) is 0 Å². The molecule has 1 aromatic carbocycles. The van der Waals surface area contributed by atoms with E-state index in [0.717, 1.165) is 45.2 Å². The molecule has 1 atom stereocenters. The van der Waals surface area contributed by atoms with Gasteiger partial charge in [-0.25, -0.2) is 8.78 Å². The molecule has 112 valence electrons. The van der Waals surface area contributed by atoms with Crippen molar-refractivity contribution >= 4 is 0 Å². The maximum atomic E-state index is 13.8. The van der Waals surface area contributed by atoms with Crippen LogP contribution in [-0.4, -0.2) is 56.6 Å². The highest BCUT2D eigenvalue weighted by molar-refractivity contribution is 5.22. The summed E-state index contributed by atoms with van der Waals surface area (Å²) >= 11 is 0. The van der Waals surface area contributed by atoms with Gasteiger partial charge in [0.1, 0.15) is 0 Å². The van der Waals surface area contributed by atoms with Crippen LogP contribution in [0.3, 0.4) is 0 Å². The van der Waals surface area contributed by atoms with Gasteiger partial charge in [-0.05, 0) is 26.6 Å². The van der Waals surface area contributed by atoms with Gasteiger partial charge in [0.15, 0.2) is 11.6 Å². The number of benzene rings is 1. The summed E-state index contributed by atoms with van der Waals surface area (Å²) in [4.78, 5) is 4.68. The molecule has 0 bridgehead atoms. The number of nitrogens with one attached hydrogen (secondary N) is 1. The van der Waals surface area contributed by atoms with Gasteiger partial charge in [-0.2, -0.15) is 0 Å². The Morgan fingerprint density at radius 1 is 1.20 bits per heavy atom. The third kappa shape index (κ3) is 3.75. The summed E-state index contributed by atoms with van der Waals surface area (Å²) in [5, 5.41) is 3.09. The van der Waals surface area contributed by atoms with Crippen molar-refractivity contribution in [3.8, 4) is 0 Å². The van der Waals surface area contributed by atoms with Crippen LogP contribution in [0.2, 0.25) is 0 Å². The van der Waals surface area contributed by atoms with Crippen LogP contribution in [0.5, 0.6) is 0 Å². The molecule has 1 saturated heterocycles. The summed E-state index contributed by atoms with van der Waals surface area (Å²) in [6.45, 7) is 5.11. The molecule has 0 spiro atoms. The largest absolute Gasteiger partial charge is 0.313 e. The number of halogens is 2. The second-order valence-electron chi connectivity index (χ2n) is 5.42. The van der Waals surface area contributed by atoms with Gasteiger partial charge in [0.05, 0.1) is 0 Å². The first kappa shape index (κ1) is 15.4. The van der Waals surface area contributed by atoms with Crippen LogP contribution in [0.4, 0.5) is 8.78 Å². The van der Waals surface area contributed by atoms with Crippen molar-refractivity contribution in [1.82, 2.24) is 15.1 Å². The van der Waals surface area contributed by atoms with E-state index in [1.54, 1.807) is 19.2 Å². The first-order valence-corrected chi connectivity index (χ1v) is 7.14. The molecule has 1 fully saturated rings. The molecule has 1 N–H and O–H groups in total. The van der Waals surface area contributed by atoms with Crippen molar-refractivity contribution in [2.45, 2.75) is 12.5 Å². The third-order valence-electron chi connectivity index (χ3n) is 4.04. The zero-order valence-corrected chi connectivity index (χ0v) is 12.2. The standard InChI is InChI=1S/C15H23F2N3/c1-18-14(12-4-3-5-13(16)15(12)17)6-7-20-10-8-19(2)9-11-20/h3-5,14,18H,6-11H2,1-2H3. The summed E-state index contributed by atoms with van der Waals surface area (Å²) in [6.07, 6.45) is 0.778. The average Bonchev–Trinajstić information content (AvgIpc) is 2.45. The molecule has 1 heterocycles. The Kier molecular flexibility index (Phi) is 5.46. The Balaban J connectivity index is 1.94. The molecule has 0 aliphatic carbocycles. The Hall–Kier alpha value is -1.04. The molecule has 1 aliphatic rings. The lowest BCUT2D eigenvalue weighted by Gasteiger charge is -2.33. The fourth-order valence-electron chi connectivity index (χ4n) is 2.63. The molecule has 0 aromatic heterocycles. The predicted molar refractivity (Wildman–Crippen MR) is 76.7 cm³/mol. The number of hydrogen-bond acceptors (Lipinski definition) is 3. The normalized spacial score (nSPS) is 19.2. The van der Waals surface area contributed by atoms with Gasteiger partial charge in [0.2, 0.25) is 0 Å². The number of piperazine rings is 1. The zero-order chi connectivity index (χ0) is 14.5. The lowest BCUT2D eigenvalue weighted by molar-refractivity contribution is 0.149. The van der Waals surface area contributed by atoms with E-state index in [9.17, 15) is 8.78 Å². The zero-order valence-electron chi connectivity index (χ0n) is 12.2. The van der Waals surface area contributed by atoms with Crippen molar-refractivity contribution in [1.29, 1.82) is 0 Å². The third-order valence-corrected chi connectivity index (χ3v) is 4.04. The minimum atomic E-state index is -0.776. The van der Waals surface area contributed by atoms with Crippen LogP contribution in [0.15, 0.2) is 18.2 Å². The van der Waals surface area contributed by atoms with E-state index < -0.39 is 11.6 Å². The maximum Gasteiger partial charge on any atom is 0.163 e. The topological polar surface area (TPSA) is 18.5 Å². The molecule has 1 unspecified atom stereocenters. The van der Waals surface area contributed by atoms with Crippen molar-refractivity contribution in [3.05, 3.63) is 35.4 Å². The highest BCUT2D eigenvalue weighted by atomic mass is 19.2. The van der Waals surface area contributed by atoms with Crippen LogP contribution in [0.25, 0.3) is 0 Å². The quantitative estimate of drug-likeness (QED) is 0.890. The summed E-state index contributed by atoms with van der Waals surface area (Å²) < 4.78 is 27.1. The summed E-state index contributed by atoms with van der Waals surface area (Å²) in [6, 6.07) is 4.23. The van der Waals surface area contributed by atoms with E-state index in [0.29, 0.717) is 5.56 Å². The van der Waals surface area contributed by atoms with Crippen molar-refractivity contribution in [2.75, 3.05) is 46.8 Å². The lowest BCUT2D eigenvalue weighted by Crippen LogP contribution is -2.45. The fourth-order valence-corrected chi connectivity index (χ4v) is 2.63. The Labute approximate surface area is 119 Å². The number of rotatable bonds is 5. The summed E-state index contributed by atoms with van der Waals surface area (Å²) in [5.41, 5.74) is 0.418. The highest BCUT2D eigenvalue weighted by Crippen LogP contribution is 2.22. The maximum absolute atomic E-state index is 13.8. The Morgan fingerprint density at radius 3 is 2.55 bits per heavy atom. The molecule has 1 aromatic rings. The highest BCUT2D eigenvalue weighted by Gasteiger charge is 2.19. The number of nitrogens with zero attached hydrogens (tertiary/aromatic N) is 2. The van der Waals surface area contributed by atoms with E-state index >= 15 is 0 Å². The van der Waals surface area contributed by atoms with Gasteiger partial charge < -0.3 is 15.1 Å². The first-order valence-electron chi connectivity index (χ1n) is 7.14. The predicted octanol–water partition coefficient (Wildman–Crippen LogP) is 1.86. The molecule has 0 saturated carbocycles. The second kappa shape index (κ2) is 7.11. The first-order chi connectivity index (χ1) is 9.61. The summed E-state index contributed by atoms with van der Waals surface area (Å²) in [5.74, 6) is -1.51. The van der Waals surface area contributed by atoms with E-state index in [1.807, 2.05) is 0 Å². The monoisotopic (exact) mass is 283 g/mol. The fraction of sp³-hybridized carbons (Fsp3) is 0.600. The van der Waals surface area contributed by atoms with E-state index in [4.69, 9.17) is 0 Å². The van der Waals surface area contributed by atoms with Gasteiger partial charge in [0.25, 0.3) is 0 Å². The van der Waals surface area contributed by atoms with Gasteiger partial charge in [-0.15, -0.1) is 0 Å². The minimum absolute atomic E-state index is 0.148. The number of hydrogen-bond donors (Lipinski definition) is 1. The van der Waals surface area contributed by atoms with Gasteiger partial charge in [0, 0.05) is 44.3 Å².